The number of phenols is 1. The van der Waals surface area contributed by atoms with Crippen molar-refractivity contribution in [1.29, 1.82) is 0 Å². The van der Waals surface area contributed by atoms with Crippen molar-refractivity contribution in [3.8, 4) is 5.75 Å². The van der Waals surface area contributed by atoms with Crippen LogP contribution in [-0.4, -0.2) is 50.3 Å². The number of aromatic nitrogens is 2. The molecule has 0 unspecified atom stereocenters. The van der Waals surface area contributed by atoms with Gasteiger partial charge in [0.25, 0.3) is 6.23 Å². The molecule has 1 aliphatic heterocycles. The summed E-state index contributed by atoms with van der Waals surface area (Å²) in [4.78, 5) is 3.46. The summed E-state index contributed by atoms with van der Waals surface area (Å²) in [5, 5.41) is 43.8. The highest BCUT2D eigenvalue weighted by molar-refractivity contribution is 6.16. The first-order valence-corrected chi connectivity index (χ1v) is 9.61. The smallest absolute Gasteiger partial charge is 0.292 e. The number of aryl methyl sites for hydroxylation is 2. The van der Waals surface area contributed by atoms with Crippen LogP contribution in [0.25, 0.3) is 32.6 Å². The van der Waals surface area contributed by atoms with Gasteiger partial charge in [-0.2, -0.15) is 4.57 Å². The summed E-state index contributed by atoms with van der Waals surface area (Å²) in [5.74, 6) is 0.213. The summed E-state index contributed by atoms with van der Waals surface area (Å²) in [6.45, 7) is 3.72. The SMILES string of the molecule is Cc1c2cc[n+]([C@H]3O[C@H](CO)[C@@H](O)[C@H]3O)cc2c(C)c2c1[nH]c1ccc(O)cc12. The molecule has 1 aliphatic rings. The molecule has 7 nitrogen and oxygen atoms in total. The Bertz CT molecular complexity index is 1260. The highest BCUT2D eigenvalue weighted by Crippen LogP contribution is 2.37. The molecule has 0 bridgehead atoms. The molecule has 7 heteroatoms. The van der Waals surface area contributed by atoms with Crippen molar-refractivity contribution in [2.75, 3.05) is 6.61 Å². The third-order valence-electron chi connectivity index (χ3n) is 6.13. The maximum atomic E-state index is 10.4. The molecule has 0 radical (unpaired) electrons. The number of fused-ring (bicyclic) bond motifs is 4. The Kier molecular flexibility index (Phi) is 4.04. The number of phenolic OH excluding ortho intramolecular Hbond substituents is 1. The molecule has 4 aromatic rings. The van der Waals surface area contributed by atoms with Crippen molar-refractivity contribution in [2.45, 2.75) is 38.4 Å². The van der Waals surface area contributed by atoms with Crippen LogP contribution >= 0.6 is 0 Å². The molecule has 5 rings (SSSR count). The van der Waals surface area contributed by atoms with E-state index in [2.05, 4.69) is 11.9 Å². The van der Waals surface area contributed by atoms with Crippen molar-refractivity contribution in [2.24, 2.45) is 0 Å². The molecular weight excluding hydrogens is 372 g/mol. The lowest BCUT2D eigenvalue weighted by Crippen LogP contribution is -2.45. The van der Waals surface area contributed by atoms with Crippen molar-refractivity contribution >= 4 is 32.6 Å². The second-order valence-electron chi connectivity index (χ2n) is 7.80. The van der Waals surface area contributed by atoms with E-state index in [1.165, 1.54) is 0 Å². The first kappa shape index (κ1) is 18.3. The monoisotopic (exact) mass is 395 g/mol. The van der Waals surface area contributed by atoms with Gasteiger partial charge in [0.05, 0.1) is 12.1 Å². The van der Waals surface area contributed by atoms with Crippen LogP contribution in [-0.2, 0) is 4.74 Å². The van der Waals surface area contributed by atoms with Crippen LogP contribution in [0.4, 0.5) is 0 Å². The number of hydrogen-bond acceptors (Lipinski definition) is 5. The van der Waals surface area contributed by atoms with Gasteiger partial charge in [0.1, 0.15) is 18.0 Å². The molecule has 2 aromatic heterocycles. The Morgan fingerprint density at radius 1 is 1.03 bits per heavy atom. The molecule has 3 heterocycles. The Morgan fingerprint density at radius 2 is 1.83 bits per heavy atom. The average molecular weight is 395 g/mol. The van der Waals surface area contributed by atoms with Gasteiger partial charge in [-0.15, -0.1) is 0 Å². The third kappa shape index (κ3) is 2.55. The fraction of sp³-hybridized carbons (Fsp3) is 0.318. The predicted molar refractivity (Wildman–Crippen MR) is 108 cm³/mol. The molecule has 150 valence electrons. The number of aromatic hydroxyl groups is 1. The third-order valence-corrected chi connectivity index (χ3v) is 6.13. The number of pyridine rings is 1. The van der Waals surface area contributed by atoms with Gasteiger partial charge in [0, 0.05) is 27.7 Å². The fourth-order valence-electron chi connectivity index (χ4n) is 4.54. The zero-order valence-electron chi connectivity index (χ0n) is 16.1. The lowest BCUT2D eigenvalue weighted by Gasteiger charge is -2.12. The molecule has 0 saturated carbocycles. The van der Waals surface area contributed by atoms with Gasteiger partial charge >= 0.3 is 0 Å². The highest BCUT2D eigenvalue weighted by Gasteiger charge is 2.48. The maximum Gasteiger partial charge on any atom is 0.292 e. The van der Waals surface area contributed by atoms with Crippen LogP contribution in [0.5, 0.6) is 5.75 Å². The molecule has 29 heavy (non-hydrogen) atoms. The highest BCUT2D eigenvalue weighted by atomic mass is 16.6. The van der Waals surface area contributed by atoms with Crippen LogP contribution in [0, 0.1) is 13.8 Å². The van der Waals surface area contributed by atoms with Crippen LogP contribution < -0.4 is 4.57 Å². The number of nitrogens with one attached hydrogen (secondary N) is 1. The van der Waals surface area contributed by atoms with Crippen LogP contribution in [0.3, 0.4) is 0 Å². The molecule has 1 saturated heterocycles. The van der Waals surface area contributed by atoms with Crippen LogP contribution in [0.15, 0.2) is 36.7 Å². The van der Waals surface area contributed by atoms with E-state index in [-0.39, 0.29) is 12.4 Å². The molecule has 1 fully saturated rings. The topological polar surface area (TPSA) is 110 Å². The number of H-pyrrole nitrogens is 1. The Balaban J connectivity index is 1.75. The van der Waals surface area contributed by atoms with Gasteiger partial charge in [0.15, 0.2) is 18.5 Å². The lowest BCUT2D eigenvalue weighted by atomic mass is 9.97. The average Bonchev–Trinajstić information content (AvgIpc) is 3.24. The standard InChI is InChI=1S/C22H22N2O5/c1-10-15-8-24(22-21(28)20(27)17(9-25)29-22)6-5-13(15)11(2)19-18(10)14-7-12(26)3-4-16(14)23-19/h3-8,17,20-22,25-28H,9H2,1-2H3/p+1/t17-,20-,21-,22+/m1/s1. The molecule has 2 aromatic carbocycles. The minimum atomic E-state index is -1.14. The zero-order chi connectivity index (χ0) is 20.4. The number of nitrogens with zero attached hydrogens (tertiary/aromatic N) is 1. The summed E-state index contributed by atoms with van der Waals surface area (Å²) in [7, 11) is 0. The van der Waals surface area contributed by atoms with E-state index < -0.39 is 24.5 Å². The number of aliphatic hydroxyl groups excluding tert-OH is 3. The summed E-state index contributed by atoms with van der Waals surface area (Å²) in [6, 6.07) is 7.26. The molecule has 0 spiro atoms. The Hall–Kier alpha value is -2.71. The van der Waals surface area contributed by atoms with Gasteiger partial charge in [-0.3, -0.25) is 0 Å². The van der Waals surface area contributed by atoms with E-state index in [0.29, 0.717) is 0 Å². The normalized spacial score (nSPS) is 24.9. The van der Waals surface area contributed by atoms with Crippen molar-refractivity contribution in [3.63, 3.8) is 0 Å². The fourth-order valence-corrected chi connectivity index (χ4v) is 4.54. The Labute approximate surface area is 166 Å². The number of ether oxygens (including phenoxy) is 1. The van der Waals surface area contributed by atoms with Gasteiger partial charge in [-0.05, 0) is 48.6 Å². The quantitative estimate of drug-likeness (QED) is 0.332. The van der Waals surface area contributed by atoms with Crippen molar-refractivity contribution in [3.05, 3.63) is 47.8 Å². The number of rotatable bonds is 2. The molecule has 0 aliphatic carbocycles. The summed E-state index contributed by atoms with van der Waals surface area (Å²) >= 11 is 0. The number of hydrogen-bond donors (Lipinski definition) is 5. The minimum absolute atomic E-state index is 0.213. The summed E-state index contributed by atoms with van der Waals surface area (Å²) in [5.41, 5.74) is 4.11. The number of aliphatic hydroxyl groups is 3. The minimum Gasteiger partial charge on any atom is -0.508 e. The van der Waals surface area contributed by atoms with Crippen molar-refractivity contribution in [1.82, 2.24) is 4.98 Å². The van der Waals surface area contributed by atoms with Crippen LogP contribution in [0.1, 0.15) is 17.4 Å². The molecule has 4 atom stereocenters. The van der Waals surface area contributed by atoms with E-state index >= 15 is 0 Å². The van der Waals surface area contributed by atoms with E-state index in [1.54, 1.807) is 16.7 Å². The van der Waals surface area contributed by atoms with E-state index in [1.807, 2.05) is 31.5 Å². The Morgan fingerprint density at radius 3 is 2.55 bits per heavy atom. The first-order chi connectivity index (χ1) is 13.9. The van der Waals surface area contributed by atoms with Crippen molar-refractivity contribution < 1.29 is 29.7 Å². The largest absolute Gasteiger partial charge is 0.508 e. The van der Waals surface area contributed by atoms with Gasteiger partial charge in [0.2, 0.25) is 0 Å². The van der Waals surface area contributed by atoms with E-state index in [4.69, 9.17) is 4.74 Å². The van der Waals surface area contributed by atoms with E-state index in [9.17, 15) is 20.4 Å². The predicted octanol–water partition coefficient (Wildman–Crippen LogP) is 1.70. The van der Waals surface area contributed by atoms with Gasteiger partial charge < -0.3 is 30.1 Å². The number of aromatic amines is 1. The summed E-state index contributed by atoms with van der Waals surface area (Å²) in [6.07, 6.45) is -0.164. The first-order valence-electron chi connectivity index (χ1n) is 9.61. The van der Waals surface area contributed by atoms with Crippen LogP contribution in [0.2, 0.25) is 0 Å². The second kappa shape index (κ2) is 6.40. The molecule has 0 amide bonds. The van der Waals surface area contributed by atoms with E-state index in [0.717, 1.165) is 43.7 Å². The zero-order valence-corrected chi connectivity index (χ0v) is 16.1. The lowest BCUT2D eigenvalue weighted by molar-refractivity contribution is -0.764. The number of benzene rings is 2. The molecule has 5 N–H and O–H groups in total. The van der Waals surface area contributed by atoms with Gasteiger partial charge in [-0.25, -0.2) is 0 Å². The maximum absolute atomic E-state index is 10.4. The molecular formula is C22H23N2O5+. The second-order valence-corrected chi connectivity index (χ2v) is 7.80. The van der Waals surface area contributed by atoms with Gasteiger partial charge in [-0.1, -0.05) is 0 Å². The summed E-state index contributed by atoms with van der Waals surface area (Å²) < 4.78 is 7.40.